The summed E-state index contributed by atoms with van der Waals surface area (Å²) in [5.41, 5.74) is 3.02. The summed E-state index contributed by atoms with van der Waals surface area (Å²) in [4.78, 5) is 16.9. The average Bonchev–Trinajstić information content (AvgIpc) is 2.54. The molecule has 0 fully saturated rings. The van der Waals surface area contributed by atoms with E-state index in [9.17, 15) is 13.2 Å². The van der Waals surface area contributed by atoms with Crippen LogP contribution in [0.2, 0.25) is 0 Å². The van der Waals surface area contributed by atoms with Crippen LogP contribution >= 0.6 is 0 Å². The molecule has 1 aromatic heterocycles. The maximum absolute atomic E-state index is 12.4. The topological polar surface area (TPSA) is 76.1 Å². The van der Waals surface area contributed by atoms with Crippen LogP contribution in [-0.2, 0) is 14.6 Å². The third kappa shape index (κ3) is 3.85. The van der Waals surface area contributed by atoms with Crippen LogP contribution in [0.4, 0.5) is 5.69 Å². The zero-order chi connectivity index (χ0) is 18.0. The van der Waals surface area contributed by atoms with E-state index in [1.807, 2.05) is 38.1 Å². The first kappa shape index (κ1) is 17.1. The standard InChI is InChI=1S/C19H18N2O3S/c1-13-7-9-15(10-8-13)25(23,24)12-19(22)21-18-11-14(2)20-17-6-4-3-5-16(17)18/h3-11H,12H2,1-2H3,(H,20,21,22). The Kier molecular flexibility index (Phi) is 4.55. The van der Waals surface area contributed by atoms with Crippen molar-refractivity contribution in [3.8, 4) is 0 Å². The second-order valence-corrected chi connectivity index (χ2v) is 7.94. The van der Waals surface area contributed by atoms with E-state index in [-0.39, 0.29) is 4.90 Å². The number of nitrogens with one attached hydrogen (secondary N) is 1. The van der Waals surface area contributed by atoms with E-state index in [1.165, 1.54) is 12.1 Å². The summed E-state index contributed by atoms with van der Waals surface area (Å²) in [6.07, 6.45) is 0. The number of hydrogen-bond donors (Lipinski definition) is 1. The van der Waals surface area contributed by atoms with Crippen molar-refractivity contribution in [3.05, 3.63) is 65.9 Å². The molecule has 128 valence electrons. The molecule has 1 heterocycles. The minimum absolute atomic E-state index is 0.143. The number of fused-ring (bicyclic) bond motifs is 1. The fourth-order valence-corrected chi connectivity index (χ4v) is 3.73. The van der Waals surface area contributed by atoms with E-state index < -0.39 is 21.5 Å². The number of nitrogens with zero attached hydrogens (tertiary/aromatic N) is 1. The number of aryl methyl sites for hydroxylation is 2. The Labute approximate surface area is 146 Å². The molecule has 0 spiro atoms. The molecule has 6 heteroatoms. The summed E-state index contributed by atoms with van der Waals surface area (Å²) in [6.45, 7) is 3.70. The van der Waals surface area contributed by atoms with Gasteiger partial charge in [-0.2, -0.15) is 0 Å². The Balaban J connectivity index is 1.85. The molecule has 0 saturated heterocycles. The van der Waals surface area contributed by atoms with Gasteiger partial charge in [-0.1, -0.05) is 35.9 Å². The first-order valence-electron chi connectivity index (χ1n) is 7.81. The summed E-state index contributed by atoms with van der Waals surface area (Å²) in [5, 5.41) is 3.48. The third-order valence-electron chi connectivity index (χ3n) is 3.82. The predicted octanol–water partition coefficient (Wildman–Crippen LogP) is 3.26. The highest BCUT2D eigenvalue weighted by atomic mass is 32.2. The van der Waals surface area contributed by atoms with E-state index in [4.69, 9.17) is 0 Å². The molecule has 25 heavy (non-hydrogen) atoms. The Morgan fingerprint density at radius 3 is 2.44 bits per heavy atom. The molecular formula is C19H18N2O3S. The van der Waals surface area contributed by atoms with Gasteiger partial charge in [0, 0.05) is 11.1 Å². The molecule has 0 radical (unpaired) electrons. The van der Waals surface area contributed by atoms with Gasteiger partial charge < -0.3 is 5.32 Å². The van der Waals surface area contributed by atoms with Crippen molar-refractivity contribution in [2.24, 2.45) is 0 Å². The maximum Gasteiger partial charge on any atom is 0.239 e. The molecule has 5 nitrogen and oxygen atoms in total. The van der Waals surface area contributed by atoms with Gasteiger partial charge in [-0.25, -0.2) is 8.42 Å². The van der Waals surface area contributed by atoms with Gasteiger partial charge in [-0.3, -0.25) is 9.78 Å². The van der Waals surface area contributed by atoms with E-state index in [2.05, 4.69) is 10.3 Å². The molecule has 0 aliphatic carbocycles. The number of rotatable bonds is 4. The number of para-hydroxylation sites is 1. The SMILES string of the molecule is Cc1ccc(S(=O)(=O)CC(=O)Nc2cc(C)nc3ccccc23)cc1. The lowest BCUT2D eigenvalue weighted by Crippen LogP contribution is -2.23. The van der Waals surface area contributed by atoms with Crippen molar-refractivity contribution in [3.63, 3.8) is 0 Å². The lowest BCUT2D eigenvalue weighted by molar-refractivity contribution is -0.113. The first-order valence-corrected chi connectivity index (χ1v) is 9.46. The van der Waals surface area contributed by atoms with Gasteiger partial charge in [0.05, 0.1) is 16.1 Å². The molecule has 0 aliphatic heterocycles. The van der Waals surface area contributed by atoms with Crippen molar-refractivity contribution in [2.75, 3.05) is 11.1 Å². The number of sulfone groups is 1. The van der Waals surface area contributed by atoms with Crippen LogP contribution < -0.4 is 5.32 Å². The van der Waals surface area contributed by atoms with Gasteiger partial charge >= 0.3 is 0 Å². The van der Waals surface area contributed by atoms with Crippen molar-refractivity contribution in [2.45, 2.75) is 18.7 Å². The molecule has 2 aromatic carbocycles. The largest absolute Gasteiger partial charge is 0.325 e. The van der Waals surface area contributed by atoms with Crippen LogP contribution in [0.5, 0.6) is 0 Å². The van der Waals surface area contributed by atoms with Gasteiger partial charge in [0.2, 0.25) is 5.91 Å². The number of carbonyl (C=O) groups excluding carboxylic acids is 1. The summed E-state index contributed by atoms with van der Waals surface area (Å²) in [7, 11) is -3.69. The number of pyridine rings is 1. The Bertz CT molecular complexity index is 1040. The molecule has 1 amide bonds. The van der Waals surface area contributed by atoms with Crippen LogP contribution in [0.15, 0.2) is 59.5 Å². The Morgan fingerprint density at radius 1 is 1.04 bits per heavy atom. The van der Waals surface area contributed by atoms with Crippen LogP contribution in [0, 0.1) is 13.8 Å². The highest BCUT2D eigenvalue weighted by Gasteiger charge is 2.20. The van der Waals surface area contributed by atoms with Crippen LogP contribution in [0.1, 0.15) is 11.3 Å². The number of carbonyl (C=O) groups is 1. The fourth-order valence-electron chi connectivity index (χ4n) is 2.60. The number of aromatic nitrogens is 1. The summed E-state index contributed by atoms with van der Waals surface area (Å²) in [6, 6.07) is 15.6. The zero-order valence-electron chi connectivity index (χ0n) is 14.0. The molecule has 3 aromatic rings. The smallest absolute Gasteiger partial charge is 0.239 e. The second kappa shape index (κ2) is 6.64. The fraction of sp³-hybridized carbons (Fsp3) is 0.158. The minimum atomic E-state index is -3.69. The Morgan fingerprint density at radius 2 is 1.72 bits per heavy atom. The van der Waals surface area contributed by atoms with Crippen molar-refractivity contribution in [1.29, 1.82) is 0 Å². The molecule has 0 bridgehead atoms. The average molecular weight is 354 g/mol. The van der Waals surface area contributed by atoms with Gasteiger partial charge in [-0.15, -0.1) is 0 Å². The highest BCUT2D eigenvalue weighted by molar-refractivity contribution is 7.92. The molecule has 0 saturated carbocycles. The summed E-state index contributed by atoms with van der Waals surface area (Å²) >= 11 is 0. The molecule has 0 unspecified atom stereocenters. The van der Waals surface area contributed by atoms with Gasteiger partial charge in [0.25, 0.3) is 0 Å². The van der Waals surface area contributed by atoms with E-state index >= 15 is 0 Å². The number of benzene rings is 2. The van der Waals surface area contributed by atoms with Crippen LogP contribution in [0.3, 0.4) is 0 Å². The highest BCUT2D eigenvalue weighted by Crippen LogP contribution is 2.23. The lowest BCUT2D eigenvalue weighted by Gasteiger charge is -2.10. The van der Waals surface area contributed by atoms with Gasteiger partial charge in [0.15, 0.2) is 9.84 Å². The van der Waals surface area contributed by atoms with Crippen LogP contribution in [0.25, 0.3) is 10.9 Å². The van der Waals surface area contributed by atoms with Crippen molar-refractivity contribution < 1.29 is 13.2 Å². The van der Waals surface area contributed by atoms with Gasteiger partial charge in [-0.05, 0) is 38.1 Å². The number of amides is 1. The Hall–Kier alpha value is -2.73. The van der Waals surface area contributed by atoms with E-state index in [0.717, 1.165) is 22.2 Å². The van der Waals surface area contributed by atoms with Crippen molar-refractivity contribution >= 4 is 32.3 Å². The molecule has 1 N–H and O–H groups in total. The lowest BCUT2D eigenvalue weighted by atomic mass is 10.1. The third-order valence-corrected chi connectivity index (χ3v) is 5.45. The summed E-state index contributed by atoms with van der Waals surface area (Å²) in [5.74, 6) is -1.18. The molecule has 0 atom stereocenters. The maximum atomic E-state index is 12.4. The van der Waals surface area contributed by atoms with E-state index in [0.29, 0.717) is 5.69 Å². The summed E-state index contributed by atoms with van der Waals surface area (Å²) < 4.78 is 24.8. The predicted molar refractivity (Wildman–Crippen MR) is 98.3 cm³/mol. The van der Waals surface area contributed by atoms with Crippen molar-refractivity contribution in [1.82, 2.24) is 4.98 Å². The van der Waals surface area contributed by atoms with Gasteiger partial charge in [0.1, 0.15) is 5.75 Å². The quantitative estimate of drug-likeness (QED) is 0.780. The van der Waals surface area contributed by atoms with E-state index in [1.54, 1.807) is 18.2 Å². The molecular weight excluding hydrogens is 336 g/mol. The molecule has 0 aliphatic rings. The first-order chi connectivity index (χ1) is 11.8. The molecule has 3 rings (SSSR count). The van der Waals surface area contributed by atoms with Crippen LogP contribution in [-0.4, -0.2) is 25.1 Å². The number of hydrogen-bond acceptors (Lipinski definition) is 4. The minimum Gasteiger partial charge on any atom is -0.325 e. The number of anilines is 1. The monoisotopic (exact) mass is 354 g/mol. The zero-order valence-corrected chi connectivity index (χ0v) is 14.8. The second-order valence-electron chi connectivity index (χ2n) is 5.95. The normalized spacial score (nSPS) is 11.4.